The van der Waals surface area contributed by atoms with Crippen molar-refractivity contribution in [3.63, 3.8) is 0 Å². The maximum atomic E-state index is 12.3. The molecule has 0 atom stereocenters. The topological polar surface area (TPSA) is 93.1 Å². The summed E-state index contributed by atoms with van der Waals surface area (Å²) in [7, 11) is 1.36. The highest BCUT2D eigenvalue weighted by molar-refractivity contribution is 8.18. The molecule has 1 aliphatic heterocycles. The van der Waals surface area contributed by atoms with Crippen molar-refractivity contribution in [3.8, 4) is 11.5 Å². The van der Waals surface area contributed by atoms with Crippen molar-refractivity contribution in [2.24, 2.45) is 0 Å². The molecule has 25 heavy (non-hydrogen) atoms. The zero-order valence-corrected chi connectivity index (χ0v) is 15.3. The number of rotatable bonds is 5. The molecule has 0 aromatic heterocycles. The molecule has 1 heterocycles. The van der Waals surface area contributed by atoms with Crippen LogP contribution in [0.4, 0.5) is 4.79 Å². The van der Waals surface area contributed by atoms with E-state index in [0.717, 1.165) is 4.90 Å². The van der Waals surface area contributed by atoms with E-state index in [0.29, 0.717) is 17.3 Å². The van der Waals surface area contributed by atoms with Crippen molar-refractivity contribution < 1.29 is 29.0 Å². The van der Waals surface area contributed by atoms with Gasteiger partial charge in [-0.3, -0.25) is 19.3 Å². The predicted molar refractivity (Wildman–Crippen MR) is 93.6 cm³/mol. The summed E-state index contributed by atoms with van der Waals surface area (Å²) in [5, 5.41) is 9.21. The van der Waals surface area contributed by atoms with Crippen molar-refractivity contribution in [1.29, 1.82) is 0 Å². The summed E-state index contributed by atoms with van der Waals surface area (Å²) in [4.78, 5) is 36.9. The number of carbonyl (C=O) groups is 3. The molecule has 2 amide bonds. The number of phenols is 1. The van der Waals surface area contributed by atoms with Gasteiger partial charge < -0.3 is 14.6 Å². The van der Waals surface area contributed by atoms with Crippen LogP contribution in [-0.2, 0) is 14.3 Å². The summed E-state index contributed by atoms with van der Waals surface area (Å²) >= 11 is 6.61. The van der Waals surface area contributed by atoms with Gasteiger partial charge in [0.25, 0.3) is 11.1 Å². The maximum absolute atomic E-state index is 12.3. The average molecular weight is 386 g/mol. The highest BCUT2D eigenvalue weighted by Crippen LogP contribution is 2.37. The van der Waals surface area contributed by atoms with E-state index in [1.54, 1.807) is 13.8 Å². The normalized spacial score (nSPS) is 16.0. The minimum Gasteiger partial charge on any atom is -0.503 e. The first-order valence-electron chi connectivity index (χ1n) is 7.24. The fourth-order valence-electron chi connectivity index (χ4n) is 2.05. The number of imide groups is 1. The number of esters is 1. The average Bonchev–Trinajstić information content (AvgIpc) is 2.77. The molecule has 0 spiro atoms. The van der Waals surface area contributed by atoms with Crippen molar-refractivity contribution in [1.82, 2.24) is 4.90 Å². The fraction of sp³-hybridized carbons (Fsp3) is 0.312. The Kier molecular flexibility index (Phi) is 5.97. The molecule has 1 aromatic rings. The lowest BCUT2D eigenvalue weighted by molar-refractivity contribution is -0.149. The molecule has 0 saturated carbocycles. The summed E-state index contributed by atoms with van der Waals surface area (Å²) in [6.07, 6.45) is 1.10. The second kappa shape index (κ2) is 7.79. The van der Waals surface area contributed by atoms with E-state index in [2.05, 4.69) is 0 Å². The Balaban J connectivity index is 2.23. The first kappa shape index (κ1) is 19.1. The van der Waals surface area contributed by atoms with Crippen LogP contribution in [0.3, 0.4) is 0 Å². The van der Waals surface area contributed by atoms with Crippen LogP contribution in [0.15, 0.2) is 17.0 Å². The number of phenolic OH excluding ortho intramolecular Hbond substituents is 1. The van der Waals surface area contributed by atoms with Crippen LogP contribution in [-0.4, -0.2) is 46.9 Å². The minimum absolute atomic E-state index is 0.0466. The van der Waals surface area contributed by atoms with E-state index >= 15 is 0 Å². The highest BCUT2D eigenvalue weighted by Gasteiger charge is 2.36. The Morgan fingerprint density at radius 2 is 2.08 bits per heavy atom. The number of methoxy groups -OCH3 is 1. The summed E-state index contributed by atoms with van der Waals surface area (Å²) in [5.74, 6) is -1.34. The lowest BCUT2D eigenvalue weighted by Crippen LogP contribution is -2.35. The van der Waals surface area contributed by atoms with E-state index in [1.165, 1.54) is 25.3 Å². The Morgan fingerprint density at radius 3 is 2.68 bits per heavy atom. The number of thioether (sulfide) groups is 1. The first-order chi connectivity index (χ1) is 11.7. The third-order valence-electron chi connectivity index (χ3n) is 3.10. The number of ether oxygens (including phenoxy) is 2. The van der Waals surface area contributed by atoms with Crippen LogP contribution in [0.25, 0.3) is 6.08 Å². The van der Waals surface area contributed by atoms with Gasteiger partial charge in [0.05, 0.1) is 23.1 Å². The third-order valence-corrected chi connectivity index (χ3v) is 4.29. The van der Waals surface area contributed by atoms with Crippen molar-refractivity contribution in [2.45, 2.75) is 20.0 Å². The van der Waals surface area contributed by atoms with Gasteiger partial charge in [0.15, 0.2) is 11.5 Å². The Bertz CT molecular complexity index is 761. The molecular formula is C16H16ClNO6S. The van der Waals surface area contributed by atoms with Crippen LogP contribution >= 0.6 is 23.4 Å². The molecule has 0 radical (unpaired) electrons. The molecule has 1 saturated heterocycles. The van der Waals surface area contributed by atoms with Crippen molar-refractivity contribution in [2.75, 3.05) is 13.7 Å². The van der Waals surface area contributed by atoms with Crippen LogP contribution < -0.4 is 4.74 Å². The molecule has 1 N–H and O–H groups in total. The van der Waals surface area contributed by atoms with Crippen LogP contribution in [0.1, 0.15) is 19.4 Å². The number of hydrogen-bond donors (Lipinski definition) is 1. The molecule has 0 unspecified atom stereocenters. The zero-order valence-electron chi connectivity index (χ0n) is 13.7. The zero-order chi connectivity index (χ0) is 18.7. The van der Waals surface area contributed by atoms with Crippen LogP contribution in [0.2, 0.25) is 5.02 Å². The van der Waals surface area contributed by atoms with Gasteiger partial charge in [0.2, 0.25) is 0 Å². The summed E-state index contributed by atoms with van der Waals surface area (Å²) in [6.45, 7) is 2.90. The maximum Gasteiger partial charge on any atom is 0.326 e. The second-order valence-corrected chi connectivity index (χ2v) is 6.76. The largest absolute Gasteiger partial charge is 0.503 e. The molecule has 1 fully saturated rings. The van der Waals surface area contributed by atoms with Crippen molar-refractivity contribution in [3.05, 3.63) is 27.6 Å². The Morgan fingerprint density at radius 1 is 1.40 bits per heavy atom. The SMILES string of the molecule is COc1cc(/C=C2/SC(=O)N(CC(=O)OC(C)C)C2=O)cc(Cl)c1O. The molecule has 9 heteroatoms. The van der Waals surface area contributed by atoms with Gasteiger partial charge in [-0.25, -0.2) is 0 Å². The van der Waals surface area contributed by atoms with Gasteiger partial charge in [-0.2, -0.15) is 0 Å². The summed E-state index contributed by atoms with van der Waals surface area (Å²) in [5.41, 5.74) is 0.468. The standard InChI is InChI=1S/C16H16ClNO6S/c1-8(2)24-13(19)7-18-15(21)12(25-16(18)22)6-9-4-10(17)14(20)11(5-9)23-3/h4-6,8,20H,7H2,1-3H3/b12-6+. The number of benzene rings is 1. The predicted octanol–water partition coefficient (Wildman–Crippen LogP) is 3.04. The van der Waals surface area contributed by atoms with Gasteiger partial charge in [-0.05, 0) is 49.4 Å². The van der Waals surface area contributed by atoms with Crippen LogP contribution in [0.5, 0.6) is 11.5 Å². The van der Waals surface area contributed by atoms with Gasteiger partial charge in [0, 0.05) is 0 Å². The molecule has 2 rings (SSSR count). The Hall–Kier alpha value is -2.19. The number of aromatic hydroxyl groups is 1. The van der Waals surface area contributed by atoms with E-state index in [-0.39, 0.29) is 27.5 Å². The van der Waals surface area contributed by atoms with E-state index in [4.69, 9.17) is 21.1 Å². The third kappa shape index (κ3) is 4.46. The monoisotopic (exact) mass is 385 g/mol. The lowest BCUT2D eigenvalue weighted by Gasteiger charge is -2.13. The van der Waals surface area contributed by atoms with Gasteiger partial charge in [-0.15, -0.1) is 0 Å². The highest BCUT2D eigenvalue weighted by atomic mass is 35.5. The van der Waals surface area contributed by atoms with Gasteiger partial charge in [0.1, 0.15) is 6.54 Å². The quantitative estimate of drug-likeness (QED) is 0.615. The van der Waals surface area contributed by atoms with E-state index in [1.807, 2.05) is 0 Å². The van der Waals surface area contributed by atoms with Gasteiger partial charge in [-0.1, -0.05) is 11.6 Å². The van der Waals surface area contributed by atoms with Crippen molar-refractivity contribution >= 4 is 46.6 Å². The number of carbonyl (C=O) groups excluding carboxylic acids is 3. The second-order valence-electron chi connectivity index (χ2n) is 5.36. The summed E-state index contributed by atoms with van der Waals surface area (Å²) in [6, 6.07) is 2.91. The first-order valence-corrected chi connectivity index (χ1v) is 8.43. The number of amides is 2. The number of halogens is 1. The van der Waals surface area contributed by atoms with E-state index < -0.39 is 23.7 Å². The molecule has 0 aliphatic carbocycles. The molecule has 1 aromatic carbocycles. The number of hydrogen-bond acceptors (Lipinski definition) is 7. The minimum atomic E-state index is -0.659. The smallest absolute Gasteiger partial charge is 0.326 e. The van der Waals surface area contributed by atoms with Gasteiger partial charge >= 0.3 is 5.97 Å². The molecule has 1 aliphatic rings. The number of nitrogens with zero attached hydrogens (tertiary/aromatic N) is 1. The molecular weight excluding hydrogens is 370 g/mol. The molecule has 0 bridgehead atoms. The molecule has 7 nitrogen and oxygen atoms in total. The fourth-order valence-corrected chi connectivity index (χ4v) is 3.11. The Labute approximate surface area is 153 Å². The molecule has 134 valence electrons. The van der Waals surface area contributed by atoms with Crippen LogP contribution in [0, 0.1) is 0 Å². The summed E-state index contributed by atoms with van der Waals surface area (Å²) < 4.78 is 9.94. The van der Waals surface area contributed by atoms with E-state index in [9.17, 15) is 19.5 Å². The lowest BCUT2D eigenvalue weighted by atomic mass is 10.2.